The van der Waals surface area contributed by atoms with Crippen molar-refractivity contribution in [1.82, 2.24) is 4.98 Å². The van der Waals surface area contributed by atoms with E-state index in [2.05, 4.69) is 4.98 Å². The highest BCUT2D eigenvalue weighted by Crippen LogP contribution is 2.25. The number of halogens is 1. The van der Waals surface area contributed by atoms with E-state index in [1.54, 1.807) is 11.3 Å². The average molecular weight is 207 g/mol. The Hall–Kier alpha value is -1.22. The van der Waals surface area contributed by atoms with E-state index in [0.29, 0.717) is 0 Å². The van der Waals surface area contributed by atoms with Gasteiger partial charge in [-0.15, -0.1) is 11.3 Å². The molecule has 0 spiro atoms. The van der Waals surface area contributed by atoms with Crippen molar-refractivity contribution in [2.75, 3.05) is 0 Å². The van der Waals surface area contributed by atoms with Gasteiger partial charge in [0.15, 0.2) is 0 Å². The molecule has 72 valence electrons. The van der Waals surface area contributed by atoms with Gasteiger partial charge >= 0.3 is 0 Å². The molecule has 0 amide bonds. The topological polar surface area (TPSA) is 12.9 Å². The Kier molecular flexibility index (Phi) is 2.33. The minimum absolute atomic E-state index is 0.201. The third-order valence-corrected chi connectivity index (χ3v) is 2.92. The Bertz CT molecular complexity index is 442. The lowest BCUT2D eigenvalue weighted by Crippen LogP contribution is -1.82. The van der Waals surface area contributed by atoms with Crippen molar-refractivity contribution >= 4 is 11.3 Å². The first-order chi connectivity index (χ1) is 6.65. The number of thiazole rings is 1. The minimum Gasteiger partial charge on any atom is -0.241 e. The first-order valence-electron chi connectivity index (χ1n) is 4.35. The molecule has 0 aliphatic carbocycles. The molecule has 1 nitrogen and oxygen atoms in total. The number of nitrogens with zero attached hydrogens (tertiary/aromatic N) is 1. The summed E-state index contributed by atoms with van der Waals surface area (Å²) in [4.78, 5) is 4.31. The third-order valence-electron chi connectivity index (χ3n) is 1.91. The van der Waals surface area contributed by atoms with Gasteiger partial charge in [-0.3, -0.25) is 0 Å². The largest absolute Gasteiger partial charge is 0.241 e. The lowest BCUT2D eigenvalue weighted by molar-refractivity contribution is 0.627. The van der Waals surface area contributed by atoms with Crippen molar-refractivity contribution < 1.29 is 4.39 Å². The second kappa shape index (κ2) is 3.50. The van der Waals surface area contributed by atoms with Crippen molar-refractivity contribution in [2.24, 2.45) is 0 Å². The smallest absolute Gasteiger partial charge is 0.124 e. The molecule has 0 saturated carbocycles. The number of aryl methyl sites for hydroxylation is 2. The van der Waals surface area contributed by atoms with E-state index in [0.717, 1.165) is 21.8 Å². The molecule has 0 aliphatic heterocycles. The van der Waals surface area contributed by atoms with Crippen LogP contribution in [0.1, 0.15) is 11.3 Å². The van der Waals surface area contributed by atoms with Gasteiger partial charge in [0, 0.05) is 16.6 Å². The van der Waals surface area contributed by atoms with Gasteiger partial charge in [-0.25, -0.2) is 9.37 Å². The van der Waals surface area contributed by atoms with Gasteiger partial charge in [0.2, 0.25) is 0 Å². The fourth-order valence-electron chi connectivity index (χ4n) is 1.35. The van der Waals surface area contributed by atoms with Gasteiger partial charge in [-0.1, -0.05) is 0 Å². The Balaban J connectivity index is 2.51. The van der Waals surface area contributed by atoms with E-state index in [4.69, 9.17) is 0 Å². The zero-order chi connectivity index (χ0) is 10.1. The lowest BCUT2D eigenvalue weighted by Gasteiger charge is -1.98. The highest BCUT2D eigenvalue weighted by Gasteiger charge is 2.04. The van der Waals surface area contributed by atoms with E-state index in [1.807, 2.05) is 25.3 Å². The summed E-state index contributed by atoms with van der Waals surface area (Å²) in [5.74, 6) is -0.201. The van der Waals surface area contributed by atoms with Crippen LogP contribution >= 0.6 is 11.3 Å². The SMILES string of the molecule is Cc1cc(F)cc(-c2nc(C)cs2)c1. The molecular formula is C11H10FNS. The van der Waals surface area contributed by atoms with Crippen molar-refractivity contribution in [3.8, 4) is 10.6 Å². The van der Waals surface area contributed by atoms with Crippen LogP contribution in [0.3, 0.4) is 0 Å². The Morgan fingerprint density at radius 2 is 2.00 bits per heavy atom. The van der Waals surface area contributed by atoms with Gasteiger partial charge in [0.05, 0.1) is 0 Å². The molecule has 0 aliphatic rings. The van der Waals surface area contributed by atoms with E-state index in [-0.39, 0.29) is 5.82 Å². The Morgan fingerprint density at radius 3 is 2.57 bits per heavy atom. The highest BCUT2D eigenvalue weighted by atomic mass is 32.1. The molecule has 0 bridgehead atoms. The van der Waals surface area contributed by atoms with Crippen LogP contribution < -0.4 is 0 Å². The molecule has 0 radical (unpaired) electrons. The predicted octanol–water partition coefficient (Wildman–Crippen LogP) is 3.57. The fourth-order valence-corrected chi connectivity index (χ4v) is 2.13. The molecule has 2 rings (SSSR count). The Labute approximate surface area is 86.2 Å². The normalized spacial score (nSPS) is 10.5. The first kappa shape index (κ1) is 9.34. The van der Waals surface area contributed by atoms with Crippen molar-refractivity contribution in [1.29, 1.82) is 0 Å². The zero-order valence-electron chi connectivity index (χ0n) is 8.04. The average Bonchev–Trinajstić information content (AvgIpc) is 2.50. The molecule has 2 aromatic rings. The molecule has 0 atom stereocenters. The number of aromatic nitrogens is 1. The monoisotopic (exact) mass is 207 g/mol. The van der Waals surface area contributed by atoms with Gasteiger partial charge in [-0.2, -0.15) is 0 Å². The first-order valence-corrected chi connectivity index (χ1v) is 5.23. The summed E-state index contributed by atoms with van der Waals surface area (Å²) in [6.45, 7) is 3.82. The predicted molar refractivity (Wildman–Crippen MR) is 57.0 cm³/mol. The maximum absolute atomic E-state index is 13.1. The van der Waals surface area contributed by atoms with E-state index in [1.165, 1.54) is 12.1 Å². The van der Waals surface area contributed by atoms with Gasteiger partial charge in [0.1, 0.15) is 10.8 Å². The maximum atomic E-state index is 13.1. The van der Waals surface area contributed by atoms with Crippen LogP contribution in [0.4, 0.5) is 4.39 Å². The number of hydrogen-bond donors (Lipinski definition) is 0. The second-order valence-electron chi connectivity index (χ2n) is 3.31. The van der Waals surface area contributed by atoms with Crippen LogP contribution in [0.15, 0.2) is 23.6 Å². The molecular weight excluding hydrogens is 197 g/mol. The third kappa shape index (κ3) is 1.82. The van der Waals surface area contributed by atoms with Crippen molar-refractivity contribution in [2.45, 2.75) is 13.8 Å². The zero-order valence-corrected chi connectivity index (χ0v) is 8.86. The summed E-state index contributed by atoms with van der Waals surface area (Å²) >= 11 is 1.54. The van der Waals surface area contributed by atoms with E-state index in [9.17, 15) is 4.39 Å². The molecule has 0 N–H and O–H groups in total. The second-order valence-corrected chi connectivity index (χ2v) is 4.17. The summed E-state index contributed by atoms with van der Waals surface area (Å²) < 4.78 is 13.1. The van der Waals surface area contributed by atoms with Crippen LogP contribution in [-0.4, -0.2) is 4.98 Å². The van der Waals surface area contributed by atoms with Crippen LogP contribution in [-0.2, 0) is 0 Å². The van der Waals surface area contributed by atoms with Crippen LogP contribution in [0.5, 0.6) is 0 Å². The Morgan fingerprint density at radius 1 is 1.21 bits per heavy atom. The van der Waals surface area contributed by atoms with E-state index < -0.39 is 0 Å². The van der Waals surface area contributed by atoms with Crippen LogP contribution in [0.2, 0.25) is 0 Å². The van der Waals surface area contributed by atoms with Crippen LogP contribution in [0.25, 0.3) is 10.6 Å². The summed E-state index contributed by atoms with van der Waals surface area (Å²) in [5.41, 5.74) is 2.76. The lowest BCUT2D eigenvalue weighted by atomic mass is 10.1. The molecule has 3 heteroatoms. The van der Waals surface area contributed by atoms with Gasteiger partial charge in [-0.05, 0) is 37.6 Å². The molecule has 1 aromatic carbocycles. The highest BCUT2D eigenvalue weighted by molar-refractivity contribution is 7.13. The summed E-state index contributed by atoms with van der Waals surface area (Å²) in [5, 5.41) is 2.85. The molecule has 0 unspecified atom stereocenters. The van der Waals surface area contributed by atoms with Gasteiger partial charge in [0.25, 0.3) is 0 Å². The minimum atomic E-state index is -0.201. The van der Waals surface area contributed by atoms with Crippen molar-refractivity contribution in [3.63, 3.8) is 0 Å². The number of rotatable bonds is 1. The summed E-state index contributed by atoms with van der Waals surface area (Å²) in [6, 6.07) is 4.98. The standard InChI is InChI=1S/C11H10FNS/c1-7-3-9(5-10(12)4-7)11-13-8(2)6-14-11/h3-6H,1-2H3. The summed E-state index contributed by atoms with van der Waals surface area (Å²) in [7, 11) is 0. The van der Waals surface area contributed by atoms with Crippen molar-refractivity contribution in [3.05, 3.63) is 40.7 Å². The molecule has 1 aromatic heterocycles. The summed E-state index contributed by atoms with van der Waals surface area (Å²) in [6.07, 6.45) is 0. The number of benzene rings is 1. The van der Waals surface area contributed by atoms with Crippen LogP contribution in [0, 0.1) is 19.7 Å². The molecule has 0 fully saturated rings. The molecule has 14 heavy (non-hydrogen) atoms. The van der Waals surface area contributed by atoms with E-state index >= 15 is 0 Å². The number of hydrogen-bond acceptors (Lipinski definition) is 2. The maximum Gasteiger partial charge on any atom is 0.124 e. The molecule has 0 saturated heterocycles. The fraction of sp³-hybridized carbons (Fsp3) is 0.182. The quantitative estimate of drug-likeness (QED) is 0.696. The molecule has 1 heterocycles. The van der Waals surface area contributed by atoms with Gasteiger partial charge < -0.3 is 0 Å².